The van der Waals surface area contributed by atoms with Gasteiger partial charge in [-0.2, -0.15) is 0 Å². The van der Waals surface area contributed by atoms with Gasteiger partial charge in [-0.1, -0.05) is 18.2 Å². The van der Waals surface area contributed by atoms with Crippen molar-refractivity contribution in [1.82, 2.24) is 5.32 Å². The smallest absolute Gasteiger partial charge is 0.248 e. The van der Waals surface area contributed by atoms with Gasteiger partial charge in [0, 0.05) is 18.9 Å². The van der Waals surface area contributed by atoms with Crippen LogP contribution in [-0.2, 0) is 0 Å². The fourth-order valence-electron chi connectivity index (χ4n) is 3.02. The Morgan fingerprint density at radius 1 is 1.33 bits per heavy atom. The molecule has 2 unspecified atom stereocenters. The van der Waals surface area contributed by atoms with Gasteiger partial charge in [0.25, 0.3) is 0 Å². The van der Waals surface area contributed by atoms with E-state index in [4.69, 9.17) is 0 Å². The molecule has 1 aliphatic carbocycles. The number of alkyl halides is 2. The fourth-order valence-corrected chi connectivity index (χ4v) is 3.02. The minimum absolute atomic E-state index is 0.00584. The van der Waals surface area contributed by atoms with E-state index in [0.717, 1.165) is 0 Å². The minimum Gasteiger partial charge on any atom is -0.313 e. The molecule has 0 aromatic heterocycles. The molecule has 100 valence electrons. The lowest BCUT2D eigenvalue weighted by molar-refractivity contribution is 0.00339. The van der Waals surface area contributed by atoms with E-state index in [0.29, 0.717) is 6.42 Å². The molecule has 0 aliphatic heterocycles. The summed E-state index contributed by atoms with van der Waals surface area (Å²) in [5, 5.41) is 3.23. The van der Waals surface area contributed by atoms with Gasteiger partial charge in [0.1, 0.15) is 0 Å². The lowest BCUT2D eigenvalue weighted by atomic mass is 9.88. The van der Waals surface area contributed by atoms with Crippen LogP contribution in [0.3, 0.4) is 0 Å². The number of rotatable bonds is 3. The number of benzene rings is 1. The van der Waals surface area contributed by atoms with E-state index >= 15 is 0 Å². The molecule has 0 radical (unpaired) electrons. The Morgan fingerprint density at radius 3 is 2.61 bits per heavy atom. The van der Waals surface area contributed by atoms with Crippen molar-refractivity contribution in [3.05, 3.63) is 34.9 Å². The van der Waals surface area contributed by atoms with Crippen molar-refractivity contribution in [3.8, 4) is 0 Å². The quantitative estimate of drug-likeness (QED) is 0.858. The van der Waals surface area contributed by atoms with E-state index in [1.807, 2.05) is 13.1 Å². The van der Waals surface area contributed by atoms with Crippen molar-refractivity contribution in [2.24, 2.45) is 5.92 Å². The maximum atomic E-state index is 13.4. The molecule has 1 aliphatic rings. The molecule has 1 nitrogen and oxygen atoms in total. The number of aryl methyl sites for hydroxylation is 1. The molecular weight excluding hydrogens is 232 g/mol. The first-order valence-corrected chi connectivity index (χ1v) is 6.56. The molecule has 1 aromatic rings. The second-order valence-electron chi connectivity index (χ2n) is 5.41. The van der Waals surface area contributed by atoms with Gasteiger partial charge in [0.05, 0.1) is 0 Å². The summed E-state index contributed by atoms with van der Waals surface area (Å²) < 4.78 is 26.7. The minimum atomic E-state index is -2.47. The molecule has 2 atom stereocenters. The molecule has 1 fully saturated rings. The van der Waals surface area contributed by atoms with Gasteiger partial charge in [-0.25, -0.2) is 8.78 Å². The zero-order valence-electron chi connectivity index (χ0n) is 11.3. The number of hydrogen-bond donors (Lipinski definition) is 1. The summed E-state index contributed by atoms with van der Waals surface area (Å²) in [6.07, 6.45) is 0.637. The van der Waals surface area contributed by atoms with Crippen LogP contribution in [0, 0.1) is 19.8 Å². The van der Waals surface area contributed by atoms with E-state index in [1.54, 1.807) is 0 Å². The molecule has 0 saturated heterocycles. The Labute approximate surface area is 108 Å². The van der Waals surface area contributed by atoms with Crippen LogP contribution in [0.4, 0.5) is 8.78 Å². The van der Waals surface area contributed by atoms with Crippen molar-refractivity contribution in [2.75, 3.05) is 7.05 Å². The average molecular weight is 253 g/mol. The summed E-state index contributed by atoms with van der Waals surface area (Å²) in [5.74, 6) is -2.44. The Morgan fingerprint density at radius 2 is 2.06 bits per heavy atom. The third-order valence-electron chi connectivity index (χ3n) is 4.21. The van der Waals surface area contributed by atoms with Crippen molar-refractivity contribution in [3.63, 3.8) is 0 Å². The first-order chi connectivity index (χ1) is 8.44. The number of hydrogen-bond acceptors (Lipinski definition) is 1. The monoisotopic (exact) mass is 253 g/mol. The van der Waals surface area contributed by atoms with Gasteiger partial charge in [-0.15, -0.1) is 0 Å². The number of halogens is 2. The highest BCUT2D eigenvalue weighted by Gasteiger charge is 2.42. The van der Waals surface area contributed by atoms with E-state index < -0.39 is 5.92 Å². The number of nitrogens with one attached hydrogen (secondary N) is 1. The van der Waals surface area contributed by atoms with Gasteiger partial charge in [0.2, 0.25) is 5.92 Å². The van der Waals surface area contributed by atoms with Crippen molar-refractivity contribution < 1.29 is 8.78 Å². The molecular formula is C15H21F2N. The Balaban J connectivity index is 2.26. The first kappa shape index (κ1) is 13.5. The van der Waals surface area contributed by atoms with Gasteiger partial charge in [0.15, 0.2) is 0 Å². The SMILES string of the molecule is CNC(c1cccc(C)c1C)C1CCC(F)(F)C1. The summed E-state index contributed by atoms with van der Waals surface area (Å²) in [7, 11) is 1.86. The van der Waals surface area contributed by atoms with E-state index in [1.165, 1.54) is 16.7 Å². The second kappa shape index (κ2) is 4.96. The van der Waals surface area contributed by atoms with Crippen LogP contribution in [0.1, 0.15) is 42.0 Å². The highest BCUT2D eigenvalue weighted by atomic mass is 19.3. The Kier molecular flexibility index (Phi) is 3.71. The van der Waals surface area contributed by atoms with Crippen LogP contribution in [-0.4, -0.2) is 13.0 Å². The van der Waals surface area contributed by atoms with Crippen molar-refractivity contribution >= 4 is 0 Å². The fraction of sp³-hybridized carbons (Fsp3) is 0.600. The lowest BCUT2D eigenvalue weighted by Gasteiger charge is -2.26. The topological polar surface area (TPSA) is 12.0 Å². The molecule has 1 saturated carbocycles. The van der Waals surface area contributed by atoms with Gasteiger partial charge >= 0.3 is 0 Å². The molecule has 0 amide bonds. The largest absolute Gasteiger partial charge is 0.313 e. The molecule has 0 heterocycles. The molecule has 3 heteroatoms. The maximum absolute atomic E-state index is 13.4. The average Bonchev–Trinajstić information content (AvgIpc) is 2.66. The zero-order chi connectivity index (χ0) is 13.3. The van der Waals surface area contributed by atoms with Crippen LogP contribution in [0.25, 0.3) is 0 Å². The van der Waals surface area contributed by atoms with Crippen LogP contribution in [0.2, 0.25) is 0 Å². The molecule has 0 spiro atoms. The van der Waals surface area contributed by atoms with Gasteiger partial charge < -0.3 is 5.32 Å². The van der Waals surface area contributed by atoms with Gasteiger partial charge in [-0.3, -0.25) is 0 Å². The summed E-state index contributed by atoms with van der Waals surface area (Å²) in [6.45, 7) is 4.14. The van der Waals surface area contributed by atoms with Crippen LogP contribution < -0.4 is 5.32 Å². The van der Waals surface area contributed by atoms with Crippen LogP contribution in [0.5, 0.6) is 0 Å². The highest BCUT2D eigenvalue weighted by molar-refractivity contribution is 5.35. The normalized spacial score (nSPS) is 24.2. The second-order valence-corrected chi connectivity index (χ2v) is 5.41. The highest BCUT2D eigenvalue weighted by Crippen LogP contribution is 2.44. The van der Waals surface area contributed by atoms with Crippen LogP contribution in [0.15, 0.2) is 18.2 Å². The molecule has 18 heavy (non-hydrogen) atoms. The summed E-state index contributed by atoms with van der Waals surface area (Å²) in [4.78, 5) is 0. The molecule has 2 rings (SSSR count). The molecule has 1 aromatic carbocycles. The van der Waals surface area contributed by atoms with E-state index in [2.05, 4.69) is 31.3 Å². The van der Waals surface area contributed by atoms with E-state index in [9.17, 15) is 8.78 Å². The summed E-state index contributed by atoms with van der Waals surface area (Å²) >= 11 is 0. The predicted octanol–water partition coefficient (Wildman–Crippen LogP) is 4.00. The van der Waals surface area contributed by atoms with Crippen LogP contribution >= 0.6 is 0 Å². The lowest BCUT2D eigenvalue weighted by Crippen LogP contribution is -2.26. The third-order valence-corrected chi connectivity index (χ3v) is 4.21. The van der Waals surface area contributed by atoms with E-state index in [-0.39, 0.29) is 24.8 Å². The van der Waals surface area contributed by atoms with Crippen molar-refractivity contribution in [1.29, 1.82) is 0 Å². The zero-order valence-corrected chi connectivity index (χ0v) is 11.3. The standard InChI is InChI=1S/C15H21F2N/c1-10-5-4-6-13(11(10)2)14(18-3)12-7-8-15(16,17)9-12/h4-6,12,14,18H,7-9H2,1-3H3. The first-order valence-electron chi connectivity index (χ1n) is 6.56. The van der Waals surface area contributed by atoms with Crippen molar-refractivity contribution in [2.45, 2.75) is 45.1 Å². The predicted molar refractivity (Wildman–Crippen MR) is 70.0 cm³/mol. The van der Waals surface area contributed by atoms with Gasteiger partial charge in [-0.05, 0) is 49.9 Å². The Bertz CT molecular complexity index is 429. The Hall–Kier alpha value is -0.960. The molecule has 1 N–H and O–H groups in total. The molecule has 0 bridgehead atoms. The summed E-state index contributed by atoms with van der Waals surface area (Å²) in [6, 6.07) is 6.17. The summed E-state index contributed by atoms with van der Waals surface area (Å²) in [5.41, 5.74) is 3.60. The maximum Gasteiger partial charge on any atom is 0.248 e. The third kappa shape index (κ3) is 2.56.